The van der Waals surface area contributed by atoms with Gasteiger partial charge < -0.3 is 0 Å². The molecule has 0 aliphatic rings. The standard InChI is InChI=1S/C6H14S2/c1-4-5-6(7-2)8-3/h6H,4-5H2,1-3H3. The van der Waals surface area contributed by atoms with Gasteiger partial charge in [-0.25, -0.2) is 0 Å². The van der Waals surface area contributed by atoms with E-state index in [-0.39, 0.29) is 0 Å². The van der Waals surface area contributed by atoms with Crippen molar-refractivity contribution in [2.45, 2.75) is 24.3 Å². The highest BCUT2D eigenvalue weighted by atomic mass is 32.2. The van der Waals surface area contributed by atoms with E-state index < -0.39 is 0 Å². The molecule has 0 nitrogen and oxygen atoms in total. The first-order valence-corrected chi connectivity index (χ1v) is 5.48. The van der Waals surface area contributed by atoms with Crippen LogP contribution in [0.4, 0.5) is 0 Å². The second-order valence-electron chi connectivity index (χ2n) is 1.69. The Labute approximate surface area is 60.8 Å². The third-order valence-electron chi connectivity index (χ3n) is 1.05. The molecule has 0 unspecified atom stereocenters. The van der Waals surface area contributed by atoms with Gasteiger partial charge in [-0.15, -0.1) is 0 Å². The minimum absolute atomic E-state index is 0.833. The average molecular weight is 150 g/mol. The first kappa shape index (κ1) is 8.70. The summed E-state index contributed by atoms with van der Waals surface area (Å²) in [6.07, 6.45) is 7.02. The van der Waals surface area contributed by atoms with Crippen LogP contribution in [0.1, 0.15) is 19.8 Å². The lowest BCUT2D eigenvalue weighted by Crippen LogP contribution is -1.92. The minimum Gasteiger partial charge on any atom is -0.151 e. The largest absolute Gasteiger partial charge is 0.151 e. The Balaban J connectivity index is 3.07. The lowest BCUT2D eigenvalue weighted by Gasteiger charge is -2.07. The summed E-state index contributed by atoms with van der Waals surface area (Å²) < 4.78 is 0.833. The molecule has 0 aromatic rings. The molecule has 0 atom stereocenters. The number of thioether (sulfide) groups is 2. The normalized spacial score (nSPS) is 10.5. The highest BCUT2D eigenvalue weighted by molar-refractivity contribution is 8.16. The van der Waals surface area contributed by atoms with Crippen LogP contribution in [-0.2, 0) is 0 Å². The van der Waals surface area contributed by atoms with Gasteiger partial charge in [0, 0.05) is 4.58 Å². The zero-order chi connectivity index (χ0) is 6.41. The SMILES string of the molecule is CCCC(SC)SC. The topological polar surface area (TPSA) is 0 Å². The second-order valence-corrected chi connectivity index (χ2v) is 4.07. The van der Waals surface area contributed by atoms with E-state index in [0.29, 0.717) is 0 Å². The van der Waals surface area contributed by atoms with Gasteiger partial charge in [0.2, 0.25) is 0 Å². The van der Waals surface area contributed by atoms with Gasteiger partial charge in [-0.05, 0) is 18.9 Å². The molecule has 0 bridgehead atoms. The van der Waals surface area contributed by atoms with Crippen molar-refractivity contribution in [3.8, 4) is 0 Å². The molecule has 0 aromatic heterocycles. The van der Waals surface area contributed by atoms with Crippen LogP contribution < -0.4 is 0 Å². The zero-order valence-electron chi connectivity index (χ0n) is 5.81. The molecule has 50 valence electrons. The second kappa shape index (κ2) is 5.83. The van der Waals surface area contributed by atoms with Crippen LogP contribution in [-0.4, -0.2) is 17.1 Å². The van der Waals surface area contributed by atoms with E-state index in [9.17, 15) is 0 Å². The summed E-state index contributed by atoms with van der Waals surface area (Å²) in [4.78, 5) is 0. The maximum absolute atomic E-state index is 2.24. The van der Waals surface area contributed by atoms with Crippen LogP contribution in [0.3, 0.4) is 0 Å². The van der Waals surface area contributed by atoms with Crippen molar-refractivity contribution >= 4 is 23.5 Å². The van der Waals surface area contributed by atoms with Crippen molar-refractivity contribution in [3.63, 3.8) is 0 Å². The fourth-order valence-electron chi connectivity index (χ4n) is 0.568. The van der Waals surface area contributed by atoms with E-state index in [1.54, 1.807) is 0 Å². The van der Waals surface area contributed by atoms with Crippen LogP contribution in [0.25, 0.3) is 0 Å². The van der Waals surface area contributed by atoms with Crippen LogP contribution >= 0.6 is 23.5 Å². The Hall–Kier alpha value is 0.700. The lowest BCUT2D eigenvalue weighted by molar-refractivity contribution is 0.872. The molecule has 0 aliphatic carbocycles. The zero-order valence-corrected chi connectivity index (χ0v) is 7.44. The molecule has 0 fully saturated rings. The van der Waals surface area contributed by atoms with Crippen molar-refractivity contribution < 1.29 is 0 Å². The Kier molecular flexibility index (Phi) is 6.34. The minimum atomic E-state index is 0.833. The van der Waals surface area contributed by atoms with Crippen LogP contribution in [0.5, 0.6) is 0 Å². The third-order valence-corrected chi connectivity index (χ3v) is 3.73. The van der Waals surface area contributed by atoms with E-state index in [1.165, 1.54) is 12.8 Å². The van der Waals surface area contributed by atoms with Crippen LogP contribution in [0.2, 0.25) is 0 Å². The Morgan fingerprint density at radius 2 is 1.75 bits per heavy atom. The van der Waals surface area contributed by atoms with E-state index in [0.717, 1.165) is 4.58 Å². The van der Waals surface area contributed by atoms with Crippen molar-refractivity contribution in [3.05, 3.63) is 0 Å². The molecule has 0 rings (SSSR count). The maximum Gasteiger partial charge on any atom is 0.0496 e. The van der Waals surface area contributed by atoms with Gasteiger partial charge in [-0.2, -0.15) is 23.5 Å². The first-order chi connectivity index (χ1) is 3.85. The van der Waals surface area contributed by atoms with E-state index in [4.69, 9.17) is 0 Å². The average Bonchev–Trinajstić information content (AvgIpc) is 1.83. The molecule has 0 amide bonds. The van der Waals surface area contributed by atoms with Crippen molar-refractivity contribution in [2.24, 2.45) is 0 Å². The Morgan fingerprint density at radius 1 is 1.25 bits per heavy atom. The van der Waals surface area contributed by atoms with E-state index in [1.807, 2.05) is 23.5 Å². The van der Waals surface area contributed by atoms with Crippen molar-refractivity contribution in [2.75, 3.05) is 12.5 Å². The van der Waals surface area contributed by atoms with Crippen LogP contribution in [0, 0.1) is 0 Å². The predicted octanol–water partition coefficient (Wildman–Crippen LogP) is 2.84. The molecule has 0 aliphatic heterocycles. The van der Waals surface area contributed by atoms with Gasteiger partial charge in [0.1, 0.15) is 0 Å². The van der Waals surface area contributed by atoms with Gasteiger partial charge in [-0.1, -0.05) is 13.3 Å². The molecule has 0 saturated carbocycles. The Bertz CT molecular complexity index is 41.8. The summed E-state index contributed by atoms with van der Waals surface area (Å²) in [6, 6.07) is 0. The van der Waals surface area contributed by atoms with E-state index in [2.05, 4.69) is 19.4 Å². The molecule has 0 heterocycles. The fourth-order valence-corrected chi connectivity index (χ4v) is 2.28. The smallest absolute Gasteiger partial charge is 0.0496 e. The van der Waals surface area contributed by atoms with E-state index >= 15 is 0 Å². The first-order valence-electron chi connectivity index (χ1n) is 2.90. The number of hydrogen-bond donors (Lipinski definition) is 0. The monoisotopic (exact) mass is 150 g/mol. The van der Waals surface area contributed by atoms with Crippen LogP contribution in [0.15, 0.2) is 0 Å². The van der Waals surface area contributed by atoms with Gasteiger partial charge in [0.25, 0.3) is 0 Å². The summed E-state index contributed by atoms with van der Waals surface area (Å²) in [7, 11) is 0. The summed E-state index contributed by atoms with van der Waals surface area (Å²) >= 11 is 3.91. The summed E-state index contributed by atoms with van der Waals surface area (Å²) in [5, 5.41) is 0. The summed E-state index contributed by atoms with van der Waals surface area (Å²) in [5.74, 6) is 0. The fraction of sp³-hybridized carbons (Fsp3) is 1.00. The van der Waals surface area contributed by atoms with Crippen molar-refractivity contribution in [1.29, 1.82) is 0 Å². The van der Waals surface area contributed by atoms with Gasteiger partial charge in [0.15, 0.2) is 0 Å². The molecular formula is C6H14S2. The molecule has 0 radical (unpaired) electrons. The molecular weight excluding hydrogens is 136 g/mol. The lowest BCUT2D eigenvalue weighted by atomic mass is 10.4. The molecule has 8 heavy (non-hydrogen) atoms. The molecule has 0 saturated heterocycles. The Morgan fingerprint density at radius 3 is 1.88 bits per heavy atom. The van der Waals surface area contributed by atoms with Gasteiger partial charge >= 0.3 is 0 Å². The van der Waals surface area contributed by atoms with Crippen molar-refractivity contribution in [1.82, 2.24) is 0 Å². The third kappa shape index (κ3) is 3.67. The van der Waals surface area contributed by atoms with Gasteiger partial charge in [0.05, 0.1) is 0 Å². The molecule has 0 aromatic carbocycles. The predicted molar refractivity (Wildman–Crippen MR) is 45.7 cm³/mol. The molecule has 0 N–H and O–H groups in total. The summed E-state index contributed by atoms with van der Waals surface area (Å²) in [5.41, 5.74) is 0. The maximum atomic E-state index is 2.24. The number of hydrogen-bond acceptors (Lipinski definition) is 2. The summed E-state index contributed by atoms with van der Waals surface area (Å²) in [6.45, 7) is 2.24. The molecule has 0 spiro atoms. The highest BCUT2D eigenvalue weighted by Crippen LogP contribution is 2.22. The molecule has 2 heteroatoms. The van der Waals surface area contributed by atoms with Gasteiger partial charge in [-0.3, -0.25) is 0 Å². The quantitative estimate of drug-likeness (QED) is 0.565. The highest BCUT2D eigenvalue weighted by Gasteiger charge is 1.99. The number of rotatable bonds is 4.